The monoisotopic (exact) mass is 373 g/mol. The van der Waals surface area contributed by atoms with Gasteiger partial charge >= 0.3 is 0 Å². The molecular formula is C14H13Cl2N3O3S. The van der Waals surface area contributed by atoms with E-state index in [1.165, 1.54) is 12.3 Å². The Kier molecular flexibility index (Phi) is 5.46. The van der Waals surface area contributed by atoms with Crippen LogP contribution in [0.1, 0.15) is 13.3 Å². The molecule has 9 heteroatoms. The second kappa shape index (κ2) is 7.16. The number of hydrogen-bond acceptors (Lipinski definition) is 5. The van der Waals surface area contributed by atoms with Crippen LogP contribution in [-0.4, -0.2) is 19.3 Å². The molecular weight excluding hydrogens is 361 g/mol. The van der Waals surface area contributed by atoms with Crippen molar-refractivity contribution >= 4 is 50.5 Å². The number of amides is 1. The summed E-state index contributed by atoms with van der Waals surface area (Å²) in [7, 11) is -4.05. The largest absolute Gasteiger partial charge is 0.353 e. The average Bonchev–Trinajstić information content (AvgIpc) is 2.51. The number of carbonyl (C=O) groups is 1. The smallest absolute Gasteiger partial charge is 0.267 e. The first-order valence-electron chi connectivity index (χ1n) is 6.55. The van der Waals surface area contributed by atoms with E-state index in [0.717, 1.165) is 6.20 Å². The van der Waals surface area contributed by atoms with Crippen LogP contribution < -0.4 is 10.0 Å². The predicted molar refractivity (Wildman–Crippen MR) is 89.6 cm³/mol. The lowest BCUT2D eigenvalue weighted by molar-refractivity contribution is -0.119. The number of hydrogen-bond donors (Lipinski definition) is 2. The molecule has 0 saturated heterocycles. The highest BCUT2D eigenvalue weighted by Gasteiger charge is 2.21. The fraction of sp³-hybridized carbons (Fsp3) is 0.143. The third kappa shape index (κ3) is 4.34. The molecule has 2 aromatic rings. The lowest BCUT2D eigenvalue weighted by atomic mass is 10.3. The molecule has 1 heterocycles. The van der Waals surface area contributed by atoms with Gasteiger partial charge in [0.15, 0.2) is 0 Å². The summed E-state index contributed by atoms with van der Waals surface area (Å²) >= 11 is 12.0. The number of carbonyl (C=O) groups excluding carboxylic acids is 1. The Hall–Kier alpha value is -1.83. The molecule has 0 aliphatic carbocycles. The number of rotatable bonds is 5. The van der Waals surface area contributed by atoms with Crippen molar-refractivity contribution in [3.8, 4) is 0 Å². The van der Waals surface area contributed by atoms with Crippen molar-refractivity contribution in [2.24, 2.45) is 0 Å². The minimum Gasteiger partial charge on any atom is -0.353 e. The summed E-state index contributed by atoms with van der Waals surface area (Å²) < 4.78 is 26.6. The van der Waals surface area contributed by atoms with E-state index in [1.807, 2.05) is 4.72 Å². The Balaban J connectivity index is 2.42. The minimum atomic E-state index is -4.05. The zero-order valence-corrected chi connectivity index (χ0v) is 14.3. The maximum atomic E-state index is 12.3. The third-order valence-corrected chi connectivity index (χ3v) is 4.81. The lowest BCUT2D eigenvalue weighted by Gasteiger charge is -2.13. The standard InChI is InChI=1S/C14H13Cl2N3O3S/c1-2-14(20)19-23(21,22)13-8-17-6-5-11(13)18-12-7-9(15)3-4-10(12)16/h3-8H,2H2,1H3,(H,17,18)(H,19,20). The van der Waals surface area contributed by atoms with Gasteiger partial charge in [0.2, 0.25) is 5.91 Å². The lowest BCUT2D eigenvalue weighted by Crippen LogP contribution is -2.30. The van der Waals surface area contributed by atoms with Crippen LogP contribution >= 0.6 is 23.2 Å². The molecule has 0 aliphatic heterocycles. The Morgan fingerprint density at radius 2 is 1.96 bits per heavy atom. The second-order valence-electron chi connectivity index (χ2n) is 4.50. The van der Waals surface area contributed by atoms with Gasteiger partial charge in [0.05, 0.1) is 16.4 Å². The van der Waals surface area contributed by atoms with Crippen LogP contribution in [-0.2, 0) is 14.8 Å². The van der Waals surface area contributed by atoms with Gasteiger partial charge in [0.1, 0.15) is 4.90 Å². The number of benzene rings is 1. The van der Waals surface area contributed by atoms with Crippen LogP contribution in [0.25, 0.3) is 0 Å². The van der Waals surface area contributed by atoms with E-state index < -0.39 is 15.9 Å². The Labute approximate surface area is 143 Å². The van der Waals surface area contributed by atoms with Gasteiger partial charge < -0.3 is 5.32 Å². The van der Waals surface area contributed by atoms with Crippen molar-refractivity contribution in [2.75, 3.05) is 5.32 Å². The summed E-state index contributed by atoms with van der Waals surface area (Å²) in [5.41, 5.74) is 0.657. The molecule has 0 unspecified atom stereocenters. The van der Waals surface area contributed by atoms with Gasteiger partial charge in [-0.25, -0.2) is 13.1 Å². The van der Waals surface area contributed by atoms with Crippen LogP contribution in [0.15, 0.2) is 41.6 Å². The van der Waals surface area contributed by atoms with Crippen LogP contribution in [0.2, 0.25) is 10.0 Å². The number of halogens is 2. The van der Waals surface area contributed by atoms with E-state index >= 15 is 0 Å². The molecule has 0 fully saturated rings. The number of pyridine rings is 1. The zero-order chi connectivity index (χ0) is 17.0. The highest BCUT2D eigenvalue weighted by molar-refractivity contribution is 7.90. The number of aromatic nitrogens is 1. The molecule has 0 saturated carbocycles. The summed E-state index contributed by atoms with van der Waals surface area (Å²) in [6, 6.07) is 6.22. The number of sulfonamides is 1. The molecule has 2 rings (SSSR count). The Morgan fingerprint density at radius 3 is 2.65 bits per heavy atom. The molecule has 2 N–H and O–H groups in total. The van der Waals surface area contributed by atoms with Crippen LogP contribution in [0, 0.1) is 0 Å². The molecule has 0 atom stereocenters. The van der Waals surface area contributed by atoms with Gasteiger partial charge in [-0.3, -0.25) is 9.78 Å². The molecule has 0 radical (unpaired) electrons. The SMILES string of the molecule is CCC(=O)NS(=O)(=O)c1cnccc1Nc1cc(Cl)ccc1Cl. The van der Waals surface area contributed by atoms with Crippen molar-refractivity contribution in [3.63, 3.8) is 0 Å². The van der Waals surface area contributed by atoms with Gasteiger partial charge in [-0.05, 0) is 24.3 Å². The summed E-state index contributed by atoms with van der Waals surface area (Å²) in [6.45, 7) is 1.55. The molecule has 122 valence electrons. The van der Waals surface area contributed by atoms with Gasteiger partial charge in [0.25, 0.3) is 10.0 Å². The average molecular weight is 374 g/mol. The normalized spacial score (nSPS) is 11.1. The van der Waals surface area contributed by atoms with Gasteiger partial charge in [-0.15, -0.1) is 0 Å². The molecule has 1 aromatic heterocycles. The van der Waals surface area contributed by atoms with Gasteiger partial charge in [-0.1, -0.05) is 30.1 Å². The van der Waals surface area contributed by atoms with Crippen LogP contribution in [0.3, 0.4) is 0 Å². The van der Waals surface area contributed by atoms with Crippen molar-refractivity contribution in [1.82, 2.24) is 9.71 Å². The fourth-order valence-electron chi connectivity index (χ4n) is 1.71. The Bertz CT molecular complexity index is 841. The van der Waals surface area contributed by atoms with Crippen molar-refractivity contribution < 1.29 is 13.2 Å². The van der Waals surface area contributed by atoms with Crippen LogP contribution in [0.4, 0.5) is 11.4 Å². The second-order valence-corrected chi connectivity index (χ2v) is 7.00. The topological polar surface area (TPSA) is 88.2 Å². The maximum absolute atomic E-state index is 12.3. The molecule has 0 aliphatic rings. The Morgan fingerprint density at radius 1 is 1.22 bits per heavy atom. The maximum Gasteiger partial charge on any atom is 0.267 e. The molecule has 0 spiro atoms. The predicted octanol–water partition coefficient (Wildman–Crippen LogP) is 3.35. The van der Waals surface area contributed by atoms with E-state index in [-0.39, 0.29) is 17.0 Å². The van der Waals surface area contributed by atoms with Crippen molar-refractivity contribution in [3.05, 3.63) is 46.7 Å². The summed E-state index contributed by atoms with van der Waals surface area (Å²) in [5.74, 6) is -0.611. The molecule has 1 amide bonds. The molecule has 1 aromatic carbocycles. The van der Waals surface area contributed by atoms with E-state index in [4.69, 9.17) is 23.2 Å². The molecule has 6 nitrogen and oxygen atoms in total. The first-order valence-corrected chi connectivity index (χ1v) is 8.79. The van der Waals surface area contributed by atoms with E-state index in [1.54, 1.807) is 25.1 Å². The van der Waals surface area contributed by atoms with Crippen LogP contribution in [0.5, 0.6) is 0 Å². The quantitative estimate of drug-likeness (QED) is 0.838. The van der Waals surface area contributed by atoms with E-state index in [9.17, 15) is 13.2 Å². The summed E-state index contributed by atoms with van der Waals surface area (Å²) in [6.07, 6.45) is 2.61. The van der Waals surface area contributed by atoms with E-state index in [0.29, 0.717) is 15.7 Å². The van der Waals surface area contributed by atoms with Gasteiger partial charge in [0, 0.05) is 23.8 Å². The fourth-order valence-corrected chi connectivity index (χ4v) is 3.21. The van der Waals surface area contributed by atoms with Crippen molar-refractivity contribution in [1.29, 1.82) is 0 Å². The number of anilines is 2. The minimum absolute atomic E-state index is 0.0440. The highest BCUT2D eigenvalue weighted by Crippen LogP contribution is 2.30. The zero-order valence-electron chi connectivity index (χ0n) is 12.0. The van der Waals surface area contributed by atoms with Crippen molar-refractivity contribution in [2.45, 2.75) is 18.2 Å². The molecule has 23 heavy (non-hydrogen) atoms. The third-order valence-electron chi connectivity index (χ3n) is 2.84. The summed E-state index contributed by atoms with van der Waals surface area (Å²) in [4.78, 5) is 15.0. The van der Waals surface area contributed by atoms with Gasteiger partial charge in [-0.2, -0.15) is 0 Å². The summed E-state index contributed by atoms with van der Waals surface area (Å²) in [5, 5.41) is 3.70. The highest BCUT2D eigenvalue weighted by atomic mass is 35.5. The van der Waals surface area contributed by atoms with E-state index in [2.05, 4.69) is 10.3 Å². The number of nitrogens with one attached hydrogen (secondary N) is 2. The number of nitrogens with zero attached hydrogens (tertiary/aromatic N) is 1. The molecule has 0 bridgehead atoms. The first-order chi connectivity index (χ1) is 10.8. The first kappa shape index (κ1) is 17.5.